The van der Waals surface area contributed by atoms with E-state index >= 15 is 0 Å². The lowest BCUT2D eigenvalue weighted by molar-refractivity contribution is -0.129. The van der Waals surface area contributed by atoms with Gasteiger partial charge in [-0.15, -0.1) is 0 Å². The van der Waals surface area contributed by atoms with Crippen molar-refractivity contribution in [2.24, 2.45) is 5.41 Å². The molecule has 0 spiro atoms. The van der Waals surface area contributed by atoms with Crippen molar-refractivity contribution in [3.05, 3.63) is 89.3 Å². The van der Waals surface area contributed by atoms with E-state index in [1.54, 1.807) is 23.0 Å². The van der Waals surface area contributed by atoms with Crippen LogP contribution >= 0.6 is 11.6 Å². The van der Waals surface area contributed by atoms with Gasteiger partial charge in [0.05, 0.1) is 23.4 Å². The first-order valence-electron chi connectivity index (χ1n) is 11.1. The molecule has 176 valence electrons. The smallest absolute Gasteiger partial charge is 0.225 e. The molecule has 1 N–H and O–H groups in total. The second-order valence-electron chi connectivity index (χ2n) is 9.36. The molecule has 1 heterocycles. The van der Waals surface area contributed by atoms with Gasteiger partial charge in [-0.05, 0) is 67.1 Å². The van der Waals surface area contributed by atoms with E-state index in [4.69, 9.17) is 16.3 Å². The van der Waals surface area contributed by atoms with Crippen molar-refractivity contribution >= 4 is 28.4 Å². The summed E-state index contributed by atoms with van der Waals surface area (Å²) in [5.41, 5.74) is 2.01. The molecule has 0 saturated carbocycles. The fourth-order valence-electron chi connectivity index (χ4n) is 3.63. The van der Waals surface area contributed by atoms with Gasteiger partial charge in [0.25, 0.3) is 0 Å². The normalized spacial score (nSPS) is 13.5. The zero-order chi connectivity index (χ0) is 24.5. The largest absolute Gasteiger partial charge is 0.484 e. The van der Waals surface area contributed by atoms with Gasteiger partial charge in [-0.25, -0.2) is 9.07 Å². The molecule has 2 atom stereocenters. The number of nitrogens with one attached hydrogen (secondary N) is 1. The summed E-state index contributed by atoms with van der Waals surface area (Å²) in [6, 6.07) is 19.0. The van der Waals surface area contributed by atoms with Crippen molar-refractivity contribution in [1.29, 1.82) is 0 Å². The molecule has 5 nitrogen and oxygen atoms in total. The fraction of sp³-hybridized carbons (Fsp3) is 0.259. The van der Waals surface area contributed by atoms with Gasteiger partial charge in [0.15, 0.2) is 0 Å². The Hall–Kier alpha value is -3.38. The third-order valence-corrected chi connectivity index (χ3v) is 5.82. The number of hydrogen-bond acceptors (Lipinski definition) is 3. The van der Waals surface area contributed by atoms with Gasteiger partial charge >= 0.3 is 0 Å². The molecule has 7 heteroatoms. The van der Waals surface area contributed by atoms with Crippen LogP contribution in [0.2, 0.25) is 5.02 Å². The summed E-state index contributed by atoms with van der Waals surface area (Å²) in [4.78, 5) is 12.6. The van der Waals surface area contributed by atoms with Crippen LogP contribution in [-0.4, -0.2) is 21.7 Å². The van der Waals surface area contributed by atoms with Gasteiger partial charge < -0.3 is 10.1 Å². The Morgan fingerprint density at radius 3 is 2.38 bits per heavy atom. The first kappa shape index (κ1) is 23.8. The second kappa shape index (κ2) is 9.47. The summed E-state index contributed by atoms with van der Waals surface area (Å²) < 4.78 is 21.5. The van der Waals surface area contributed by atoms with E-state index in [9.17, 15) is 9.18 Å². The third-order valence-electron chi connectivity index (χ3n) is 5.57. The highest BCUT2D eigenvalue weighted by Gasteiger charge is 2.28. The minimum atomic E-state index is -0.521. The average Bonchev–Trinajstić information content (AvgIpc) is 3.21. The molecule has 2 unspecified atom stereocenters. The van der Waals surface area contributed by atoms with E-state index in [-0.39, 0.29) is 17.8 Å². The number of amides is 1. The summed E-state index contributed by atoms with van der Waals surface area (Å²) in [5, 5.41) is 9.03. The third kappa shape index (κ3) is 5.23. The van der Waals surface area contributed by atoms with Crippen LogP contribution in [0.25, 0.3) is 16.6 Å². The maximum atomic E-state index is 13.3. The summed E-state index contributed by atoms with van der Waals surface area (Å²) in [6.45, 7) is 7.55. The van der Waals surface area contributed by atoms with Crippen LogP contribution in [0.1, 0.15) is 39.4 Å². The first-order valence-corrected chi connectivity index (χ1v) is 11.5. The molecule has 0 bridgehead atoms. The van der Waals surface area contributed by atoms with Crippen molar-refractivity contribution in [2.75, 3.05) is 0 Å². The van der Waals surface area contributed by atoms with Crippen LogP contribution in [0.3, 0.4) is 0 Å². The van der Waals surface area contributed by atoms with E-state index in [0.29, 0.717) is 10.8 Å². The Morgan fingerprint density at radius 2 is 1.74 bits per heavy atom. The van der Waals surface area contributed by atoms with Gasteiger partial charge in [-0.3, -0.25) is 4.79 Å². The minimum absolute atomic E-state index is 0.0569. The maximum Gasteiger partial charge on any atom is 0.225 e. The Balaban J connectivity index is 1.63. The van der Waals surface area contributed by atoms with Gasteiger partial charge in [0.2, 0.25) is 5.91 Å². The van der Waals surface area contributed by atoms with E-state index in [1.165, 1.54) is 12.1 Å². The van der Waals surface area contributed by atoms with E-state index in [0.717, 1.165) is 22.2 Å². The highest BCUT2D eigenvalue weighted by Crippen LogP contribution is 2.30. The fourth-order valence-corrected chi connectivity index (χ4v) is 3.76. The first-order chi connectivity index (χ1) is 16.1. The molecular formula is C27H27ClFN3O2. The Morgan fingerprint density at radius 1 is 1.06 bits per heavy atom. The zero-order valence-electron chi connectivity index (χ0n) is 19.5. The van der Waals surface area contributed by atoms with E-state index < -0.39 is 11.5 Å². The number of ether oxygens (including phenoxy) is 1. The van der Waals surface area contributed by atoms with Crippen LogP contribution < -0.4 is 10.1 Å². The minimum Gasteiger partial charge on any atom is -0.484 e. The number of nitrogens with zero attached hydrogens (tertiary/aromatic N) is 2. The molecule has 4 aromatic rings. The lowest BCUT2D eigenvalue weighted by Crippen LogP contribution is -2.44. The lowest BCUT2D eigenvalue weighted by atomic mass is 9.94. The molecule has 4 rings (SSSR count). The summed E-state index contributed by atoms with van der Waals surface area (Å²) >= 11 is 6.09. The van der Waals surface area contributed by atoms with Gasteiger partial charge in [0, 0.05) is 15.8 Å². The van der Waals surface area contributed by atoms with E-state index in [1.807, 2.05) is 70.2 Å². The monoisotopic (exact) mass is 479 g/mol. The van der Waals surface area contributed by atoms with Gasteiger partial charge in [-0.2, -0.15) is 5.10 Å². The number of carbonyl (C=O) groups is 1. The molecule has 34 heavy (non-hydrogen) atoms. The second-order valence-corrected chi connectivity index (χ2v) is 9.79. The number of benzene rings is 3. The Bertz CT molecular complexity index is 1290. The van der Waals surface area contributed by atoms with Crippen LogP contribution in [0.5, 0.6) is 5.75 Å². The molecular weight excluding hydrogens is 453 g/mol. The Labute approximate surface area is 203 Å². The summed E-state index contributed by atoms with van der Waals surface area (Å²) in [7, 11) is 0. The molecule has 0 fully saturated rings. The van der Waals surface area contributed by atoms with Gasteiger partial charge in [-0.1, -0.05) is 44.5 Å². The zero-order valence-corrected chi connectivity index (χ0v) is 20.3. The molecule has 3 aromatic carbocycles. The molecule has 0 aliphatic carbocycles. The van der Waals surface area contributed by atoms with E-state index in [2.05, 4.69) is 10.4 Å². The number of halogens is 2. The number of fused-ring (bicyclic) bond motifs is 1. The maximum absolute atomic E-state index is 13.3. The van der Waals surface area contributed by atoms with Crippen LogP contribution in [0.4, 0.5) is 4.39 Å². The Kier molecular flexibility index (Phi) is 6.62. The van der Waals surface area contributed by atoms with Crippen molar-refractivity contribution in [3.8, 4) is 11.4 Å². The predicted molar refractivity (Wildman–Crippen MR) is 133 cm³/mol. The topological polar surface area (TPSA) is 56.1 Å². The molecule has 1 aromatic heterocycles. The van der Waals surface area contributed by atoms with Gasteiger partial charge in [0.1, 0.15) is 17.7 Å². The summed E-state index contributed by atoms with van der Waals surface area (Å²) in [6.07, 6.45) is 1.31. The molecule has 0 saturated heterocycles. The molecule has 0 aliphatic heterocycles. The highest BCUT2D eigenvalue weighted by atomic mass is 35.5. The SMILES string of the molecule is CC(NC(=O)C(C)(C)C)C(Oc1ccc2c(cnn2-c2ccc(F)cc2)c1)c1ccc(Cl)cc1. The number of aromatic nitrogens is 2. The van der Waals surface area contributed by atoms with Crippen molar-refractivity contribution in [2.45, 2.75) is 39.8 Å². The van der Waals surface area contributed by atoms with Crippen molar-refractivity contribution in [1.82, 2.24) is 15.1 Å². The van der Waals surface area contributed by atoms with Crippen LogP contribution in [-0.2, 0) is 4.79 Å². The highest BCUT2D eigenvalue weighted by molar-refractivity contribution is 6.30. The van der Waals surface area contributed by atoms with Crippen LogP contribution in [0, 0.1) is 11.2 Å². The average molecular weight is 480 g/mol. The van der Waals surface area contributed by atoms with Crippen molar-refractivity contribution in [3.63, 3.8) is 0 Å². The number of hydrogen-bond donors (Lipinski definition) is 1. The molecule has 0 radical (unpaired) electrons. The molecule has 0 aliphatic rings. The predicted octanol–water partition coefficient (Wildman–Crippen LogP) is 6.49. The molecule has 1 amide bonds. The quantitative estimate of drug-likeness (QED) is 0.344. The van der Waals surface area contributed by atoms with Crippen LogP contribution in [0.15, 0.2) is 72.9 Å². The lowest BCUT2D eigenvalue weighted by Gasteiger charge is -2.29. The van der Waals surface area contributed by atoms with Crippen molar-refractivity contribution < 1.29 is 13.9 Å². The summed E-state index contributed by atoms with van der Waals surface area (Å²) in [5.74, 6) is 0.290. The standard InChI is InChI=1S/C27H27ClFN3O2/c1-17(31-26(33)27(2,3)4)25(18-5-7-20(28)8-6-18)34-23-13-14-24-19(15-23)16-30-32(24)22-11-9-21(29)10-12-22/h5-17,25H,1-4H3,(H,31,33). The number of rotatable bonds is 6. The number of carbonyl (C=O) groups excluding carboxylic acids is 1.